The smallest absolute Gasteiger partial charge is 0.296 e. The van der Waals surface area contributed by atoms with Crippen LogP contribution in [0.1, 0.15) is 19.8 Å². The van der Waals surface area contributed by atoms with Gasteiger partial charge in [-0.2, -0.15) is 0 Å². The molecule has 5 rings (SSSR count). The predicted molar refractivity (Wildman–Crippen MR) is 116 cm³/mol. The summed E-state index contributed by atoms with van der Waals surface area (Å²) in [5.41, 5.74) is 0.573. The number of fused-ring (bicyclic) bond motifs is 1. The summed E-state index contributed by atoms with van der Waals surface area (Å²) < 4.78 is 34.5. The zero-order chi connectivity index (χ0) is 20.9. The quantitative estimate of drug-likeness (QED) is 0.483. The molecule has 30 heavy (non-hydrogen) atoms. The molecule has 1 atom stereocenters. The molecule has 1 N–H and O–H groups in total. The second kappa shape index (κ2) is 7.10. The van der Waals surface area contributed by atoms with Gasteiger partial charge in [-0.3, -0.25) is 13.8 Å². The van der Waals surface area contributed by atoms with E-state index in [1.54, 1.807) is 16.4 Å². The SMILES string of the molecule is CC(C1CC1)N(c1cc2ccccc2s1)S(=O)(=O)c1ccc(-c2noc(=O)[nH]2)cc1. The van der Waals surface area contributed by atoms with E-state index in [4.69, 9.17) is 0 Å². The van der Waals surface area contributed by atoms with Crippen LogP contribution >= 0.6 is 11.3 Å². The minimum absolute atomic E-state index is 0.130. The first-order chi connectivity index (χ1) is 14.4. The minimum Gasteiger partial charge on any atom is -0.296 e. The van der Waals surface area contributed by atoms with Crippen LogP contribution in [0.5, 0.6) is 0 Å². The van der Waals surface area contributed by atoms with Crippen molar-refractivity contribution in [3.63, 3.8) is 0 Å². The topological polar surface area (TPSA) is 96.3 Å². The Hall–Kier alpha value is -2.91. The van der Waals surface area contributed by atoms with Gasteiger partial charge in [-0.25, -0.2) is 13.2 Å². The monoisotopic (exact) mass is 441 g/mol. The maximum absolute atomic E-state index is 13.7. The van der Waals surface area contributed by atoms with Crippen LogP contribution in [0.15, 0.2) is 68.8 Å². The number of H-pyrrole nitrogens is 1. The summed E-state index contributed by atoms with van der Waals surface area (Å²) >= 11 is 1.49. The molecular weight excluding hydrogens is 422 g/mol. The lowest BCUT2D eigenvalue weighted by molar-refractivity contribution is 0.388. The number of rotatable bonds is 6. The van der Waals surface area contributed by atoms with Crippen LogP contribution < -0.4 is 10.1 Å². The summed E-state index contributed by atoms with van der Waals surface area (Å²) in [4.78, 5) is 13.8. The lowest BCUT2D eigenvalue weighted by Crippen LogP contribution is -2.39. The minimum atomic E-state index is -3.77. The van der Waals surface area contributed by atoms with Gasteiger partial charge in [0, 0.05) is 16.3 Å². The molecule has 0 bridgehead atoms. The number of aromatic amines is 1. The molecule has 1 aliphatic rings. The van der Waals surface area contributed by atoms with Crippen molar-refractivity contribution >= 4 is 36.4 Å². The third-order valence-corrected chi connectivity index (χ3v) is 8.57. The Balaban J connectivity index is 1.56. The van der Waals surface area contributed by atoms with Crippen LogP contribution in [-0.4, -0.2) is 24.6 Å². The van der Waals surface area contributed by atoms with Gasteiger partial charge in [0.05, 0.1) is 4.90 Å². The fourth-order valence-corrected chi connectivity index (χ4v) is 6.71. The van der Waals surface area contributed by atoms with E-state index in [0.29, 0.717) is 11.5 Å². The maximum Gasteiger partial charge on any atom is 0.439 e. The van der Waals surface area contributed by atoms with Gasteiger partial charge in [-0.1, -0.05) is 23.4 Å². The number of anilines is 1. The first kappa shape index (κ1) is 19.1. The summed E-state index contributed by atoms with van der Waals surface area (Å²) in [6, 6.07) is 16.0. The molecule has 0 spiro atoms. The zero-order valence-corrected chi connectivity index (χ0v) is 17.7. The molecule has 1 saturated carbocycles. The van der Waals surface area contributed by atoms with Gasteiger partial charge in [0.15, 0.2) is 5.82 Å². The van der Waals surface area contributed by atoms with E-state index in [1.165, 1.54) is 23.5 Å². The molecule has 0 radical (unpaired) electrons. The Labute approximate surface area is 177 Å². The van der Waals surface area contributed by atoms with Crippen LogP contribution in [0.3, 0.4) is 0 Å². The van der Waals surface area contributed by atoms with Crippen LogP contribution in [0.4, 0.5) is 5.00 Å². The molecule has 4 aromatic rings. The van der Waals surface area contributed by atoms with Crippen molar-refractivity contribution in [3.8, 4) is 11.4 Å². The molecule has 1 unspecified atom stereocenters. The fourth-order valence-electron chi connectivity index (χ4n) is 3.64. The van der Waals surface area contributed by atoms with Crippen molar-refractivity contribution in [2.24, 2.45) is 5.92 Å². The first-order valence-electron chi connectivity index (χ1n) is 9.63. The summed E-state index contributed by atoms with van der Waals surface area (Å²) in [5, 5.41) is 5.40. The lowest BCUT2D eigenvalue weighted by Gasteiger charge is -2.29. The van der Waals surface area contributed by atoms with Gasteiger partial charge in [-0.15, -0.1) is 11.3 Å². The zero-order valence-electron chi connectivity index (χ0n) is 16.1. The molecule has 9 heteroatoms. The number of nitrogens with one attached hydrogen (secondary N) is 1. The molecule has 1 aliphatic carbocycles. The number of hydrogen-bond donors (Lipinski definition) is 1. The maximum atomic E-state index is 13.7. The predicted octanol–water partition coefficient (Wildman–Crippen LogP) is 4.24. The highest BCUT2D eigenvalue weighted by molar-refractivity contribution is 7.93. The molecule has 7 nitrogen and oxygen atoms in total. The number of aromatic nitrogens is 2. The molecule has 154 valence electrons. The van der Waals surface area contributed by atoms with E-state index in [1.807, 2.05) is 37.3 Å². The third kappa shape index (κ3) is 3.33. The first-order valence-corrected chi connectivity index (χ1v) is 11.9. The van der Waals surface area contributed by atoms with Crippen LogP contribution in [0.25, 0.3) is 21.5 Å². The van der Waals surface area contributed by atoms with E-state index in [0.717, 1.165) is 27.9 Å². The summed E-state index contributed by atoms with van der Waals surface area (Å²) in [7, 11) is -3.77. The molecule has 0 amide bonds. The normalized spacial score (nSPS) is 15.4. The molecule has 2 heterocycles. The van der Waals surface area contributed by atoms with Crippen molar-refractivity contribution < 1.29 is 12.9 Å². The molecule has 0 saturated heterocycles. The van der Waals surface area contributed by atoms with Crippen molar-refractivity contribution in [1.29, 1.82) is 0 Å². The van der Waals surface area contributed by atoms with Gasteiger partial charge in [-0.05, 0) is 67.5 Å². The summed E-state index contributed by atoms with van der Waals surface area (Å²) in [6.45, 7) is 1.98. The van der Waals surface area contributed by atoms with E-state index < -0.39 is 15.8 Å². The van der Waals surface area contributed by atoms with Crippen molar-refractivity contribution in [3.05, 3.63) is 65.1 Å². The van der Waals surface area contributed by atoms with E-state index in [-0.39, 0.29) is 16.8 Å². The van der Waals surface area contributed by atoms with Crippen molar-refractivity contribution in [2.75, 3.05) is 4.31 Å². The van der Waals surface area contributed by atoms with Crippen LogP contribution in [-0.2, 0) is 10.0 Å². The van der Waals surface area contributed by atoms with E-state index in [2.05, 4.69) is 14.7 Å². The van der Waals surface area contributed by atoms with E-state index in [9.17, 15) is 13.2 Å². The van der Waals surface area contributed by atoms with E-state index >= 15 is 0 Å². The van der Waals surface area contributed by atoms with Gasteiger partial charge < -0.3 is 0 Å². The average Bonchev–Trinajstić information content (AvgIpc) is 3.37. The summed E-state index contributed by atoms with van der Waals surface area (Å²) in [6.07, 6.45) is 2.08. The number of hydrogen-bond acceptors (Lipinski definition) is 6. The Morgan fingerprint density at radius 2 is 1.90 bits per heavy atom. The van der Waals surface area contributed by atoms with Crippen molar-refractivity contribution in [1.82, 2.24) is 10.1 Å². The molecule has 2 aromatic heterocycles. The Morgan fingerprint density at radius 1 is 1.17 bits per heavy atom. The highest BCUT2D eigenvalue weighted by Crippen LogP contribution is 2.43. The highest BCUT2D eigenvalue weighted by Gasteiger charge is 2.39. The van der Waals surface area contributed by atoms with Crippen molar-refractivity contribution in [2.45, 2.75) is 30.7 Å². The molecule has 2 aromatic carbocycles. The van der Waals surface area contributed by atoms with Gasteiger partial charge in [0.2, 0.25) is 0 Å². The molecule has 1 fully saturated rings. The lowest BCUT2D eigenvalue weighted by atomic mass is 10.2. The Kier molecular flexibility index (Phi) is 4.52. The average molecular weight is 442 g/mol. The van der Waals surface area contributed by atoms with Gasteiger partial charge in [0.1, 0.15) is 5.00 Å². The molecular formula is C21H19N3O4S2. The fraction of sp³-hybridized carbons (Fsp3) is 0.238. The highest BCUT2D eigenvalue weighted by atomic mass is 32.2. The Morgan fingerprint density at radius 3 is 2.53 bits per heavy atom. The largest absolute Gasteiger partial charge is 0.439 e. The third-order valence-electron chi connectivity index (χ3n) is 5.43. The Bertz CT molecular complexity index is 1330. The summed E-state index contributed by atoms with van der Waals surface area (Å²) in [5.74, 6) is -0.0305. The number of nitrogens with zero attached hydrogens (tertiary/aromatic N) is 2. The standard InChI is InChI=1S/C21H19N3O4S2/c1-13(14-6-7-14)24(19-12-16-4-2-3-5-18(16)29-19)30(26,27)17-10-8-15(9-11-17)20-22-21(25)28-23-20/h2-5,8-14H,6-7H2,1H3,(H,22,23,25). The number of benzene rings is 2. The second-order valence-electron chi connectivity index (χ2n) is 7.47. The van der Waals surface area contributed by atoms with Crippen LogP contribution in [0.2, 0.25) is 0 Å². The van der Waals surface area contributed by atoms with Gasteiger partial charge >= 0.3 is 5.76 Å². The second-order valence-corrected chi connectivity index (χ2v) is 10.3. The van der Waals surface area contributed by atoms with Gasteiger partial charge in [0.25, 0.3) is 10.0 Å². The molecule has 0 aliphatic heterocycles. The van der Waals surface area contributed by atoms with Crippen LogP contribution in [0, 0.1) is 5.92 Å². The number of thiophene rings is 1. The number of sulfonamides is 1.